The summed E-state index contributed by atoms with van der Waals surface area (Å²) < 4.78 is 0. The summed E-state index contributed by atoms with van der Waals surface area (Å²) in [6, 6.07) is 8.30. The molecule has 0 fully saturated rings. The van der Waals surface area contributed by atoms with Gasteiger partial charge in [0.1, 0.15) is 0 Å². The van der Waals surface area contributed by atoms with Gasteiger partial charge in [0.15, 0.2) is 0 Å². The highest BCUT2D eigenvalue weighted by Crippen LogP contribution is 2.32. The van der Waals surface area contributed by atoms with E-state index in [1.165, 1.54) is 10.9 Å². The van der Waals surface area contributed by atoms with Crippen LogP contribution in [0, 0.1) is 0 Å². The first-order chi connectivity index (χ1) is 9.52. The van der Waals surface area contributed by atoms with Gasteiger partial charge in [-0.2, -0.15) is 0 Å². The lowest BCUT2D eigenvalue weighted by Gasteiger charge is -2.42. The van der Waals surface area contributed by atoms with Crippen LogP contribution >= 0.6 is 0 Å². The Balaban J connectivity index is 2.48. The van der Waals surface area contributed by atoms with Gasteiger partial charge >= 0.3 is 0 Å². The Kier molecular flexibility index (Phi) is 4.41. The molecule has 3 heteroatoms. The molecule has 0 aliphatic rings. The second kappa shape index (κ2) is 5.90. The Labute approximate surface area is 121 Å². The predicted molar refractivity (Wildman–Crippen MR) is 85.7 cm³/mol. The third-order valence-electron chi connectivity index (χ3n) is 4.39. The van der Waals surface area contributed by atoms with E-state index >= 15 is 0 Å². The summed E-state index contributed by atoms with van der Waals surface area (Å²) in [5.74, 6) is 0. The second-order valence-corrected chi connectivity index (χ2v) is 5.75. The highest BCUT2D eigenvalue weighted by atomic mass is 15.2. The third-order valence-corrected chi connectivity index (χ3v) is 4.39. The van der Waals surface area contributed by atoms with E-state index in [4.69, 9.17) is 5.73 Å². The first-order valence-corrected chi connectivity index (χ1v) is 7.35. The second-order valence-electron chi connectivity index (χ2n) is 5.75. The van der Waals surface area contributed by atoms with Crippen molar-refractivity contribution in [2.45, 2.75) is 39.3 Å². The number of nitrogens with two attached hydrogens (primary N) is 1. The number of fused-ring (bicyclic) bond motifs is 1. The smallest absolute Gasteiger partial charge is 0.0483 e. The molecule has 1 unspecified atom stereocenters. The van der Waals surface area contributed by atoms with E-state index in [9.17, 15) is 0 Å². The minimum absolute atomic E-state index is 0.0460. The molecule has 1 aromatic heterocycles. The van der Waals surface area contributed by atoms with E-state index in [0.717, 1.165) is 18.5 Å². The van der Waals surface area contributed by atoms with Crippen molar-refractivity contribution in [3.05, 3.63) is 42.2 Å². The summed E-state index contributed by atoms with van der Waals surface area (Å²) in [6.45, 7) is 10.8. The molecular weight excluding hydrogens is 246 g/mol. The van der Waals surface area contributed by atoms with Crippen LogP contribution < -0.4 is 5.73 Å². The minimum atomic E-state index is -0.0897. The van der Waals surface area contributed by atoms with Gasteiger partial charge in [0, 0.05) is 29.4 Å². The number of benzene rings is 1. The van der Waals surface area contributed by atoms with E-state index in [-0.39, 0.29) is 11.6 Å². The Morgan fingerprint density at radius 2 is 1.90 bits per heavy atom. The average molecular weight is 271 g/mol. The van der Waals surface area contributed by atoms with Gasteiger partial charge in [-0.05, 0) is 44.0 Å². The zero-order valence-electron chi connectivity index (χ0n) is 12.9. The Morgan fingerprint density at radius 1 is 1.20 bits per heavy atom. The number of rotatable bonds is 5. The number of nitrogens with zero attached hydrogens (tertiary/aromatic N) is 2. The van der Waals surface area contributed by atoms with Crippen molar-refractivity contribution in [3.63, 3.8) is 0 Å². The van der Waals surface area contributed by atoms with Crippen molar-refractivity contribution in [1.82, 2.24) is 9.88 Å². The van der Waals surface area contributed by atoms with Crippen molar-refractivity contribution in [3.8, 4) is 0 Å². The molecule has 3 nitrogen and oxygen atoms in total. The molecule has 2 rings (SSSR count). The van der Waals surface area contributed by atoms with Gasteiger partial charge in [0.25, 0.3) is 0 Å². The maximum atomic E-state index is 6.62. The van der Waals surface area contributed by atoms with Crippen LogP contribution in [0.4, 0.5) is 0 Å². The van der Waals surface area contributed by atoms with Gasteiger partial charge in [-0.25, -0.2) is 0 Å². The first kappa shape index (κ1) is 14.9. The fourth-order valence-electron chi connectivity index (χ4n) is 3.02. The molecule has 20 heavy (non-hydrogen) atoms. The van der Waals surface area contributed by atoms with Crippen LogP contribution in [0.25, 0.3) is 10.8 Å². The number of hydrogen-bond acceptors (Lipinski definition) is 3. The Bertz CT molecular complexity index is 568. The fraction of sp³-hybridized carbons (Fsp3) is 0.471. The molecule has 2 N–H and O–H groups in total. The highest BCUT2D eigenvalue weighted by Gasteiger charge is 2.33. The normalized spacial score (nSPS) is 13.9. The summed E-state index contributed by atoms with van der Waals surface area (Å²) in [6.07, 6.45) is 3.75. The number of aromatic nitrogens is 1. The number of likely N-dealkylation sites (N-methyl/N-ethyl adjacent to an activating group) is 1. The maximum absolute atomic E-state index is 6.62. The molecule has 0 radical (unpaired) electrons. The lowest BCUT2D eigenvalue weighted by molar-refractivity contribution is 0.107. The van der Waals surface area contributed by atoms with Crippen LogP contribution in [-0.4, -0.2) is 28.5 Å². The highest BCUT2D eigenvalue weighted by molar-refractivity contribution is 5.85. The zero-order chi connectivity index (χ0) is 14.8. The van der Waals surface area contributed by atoms with Crippen molar-refractivity contribution in [1.29, 1.82) is 0 Å². The van der Waals surface area contributed by atoms with E-state index in [1.54, 1.807) is 0 Å². The monoisotopic (exact) mass is 271 g/mol. The molecule has 0 amide bonds. The van der Waals surface area contributed by atoms with Crippen LogP contribution in [-0.2, 0) is 0 Å². The SMILES string of the molecule is CCN(CC)C(C)(C)C(N)c1cccc2ccncc12. The molecular formula is C17H25N3. The van der Waals surface area contributed by atoms with E-state index in [2.05, 4.69) is 55.8 Å². The summed E-state index contributed by atoms with van der Waals surface area (Å²) in [5.41, 5.74) is 7.71. The topological polar surface area (TPSA) is 42.1 Å². The molecule has 1 heterocycles. The van der Waals surface area contributed by atoms with E-state index < -0.39 is 0 Å². The molecule has 2 aromatic rings. The van der Waals surface area contributed by atoms with Crippen LogP contribution in [0.2, 0.25) is 0 Å². The molecule has 0 saturated carbocycles. The van der Waals surface area contributed by atoms with Crippen molar-refractivity contribution < 1.29 is 0 Å². The van der Waals surface area contributed by atoms with Crippen LogP contribution in [0.5, 0.6) is 0 Å². The van der Waals surface area contributed by atoms with Gasteiger partial charge in [0.2, 0.25) is 0 Å². The van der Waals surface area contributed by atoms with Gasteiger partial charge in [-0.15, -0.1) is 0 Å². The summed E-state index contributed by atoms with van der Waals surface area (Å²) in [4.78, 5) is 6.66. The Hall–Kier alpha value is -1.45. The lowest BCUT2D eigenvalue weighted by atomic mass is 9.85. The van der Waals surface area contributed by atoms with Crippen LogP contribution in [0.15, 0.2) is 36.7 Å². The summed E-state index contributed by atoms with van der Waals surface area (Å²) in [5, 5.41) is 2.35. The van der Waals surface area contributed by atoms with Crippen molar-refractivity contribution >= 4 is 10.8 Å². The fourth-order valence-corrected chi connectivity index (χ4v) is 3.02. The molecule has 1 aromatic carbocycles. The number of pyridine rings is 1. The largest absolute Gasteiger partial charge is 0.322 e. The van der Waals surface area contributed by atoms with Gasteiger partial charge < -0.3 is 5.73 Å². The molecule has 0 bridgehead atoms. The molecule has 108 valence electrons. The molecule has 0 aliphatic heterocycles. The van der Waals surface area contributed by atoms with Gasteiger partial charge in [-0.3, -0.25) is 9.88 Å². The van der Waals surface area contributed by atoms with Crippen LogP contribution in [0.1, 0.15) is 39.3 Å². The van der Waals surface area contributed by atoms with Crippen molar-refractivity contribution in [2.24, 2.45) is 5.73 Å². The standard InChI is InChI=1S/C17H25N3/c1-5-20(6-2)17(3,4)16(18)14-9-7-8-13-10-11-19-12-15(13)14/h7-12,16H,5-6,18H2,1-4H3. The minimum Gasteiger partial charge on any atom is -0.322 e. The molecule has 0 spiro atoms. The molecule has 0 aliphatic carbocycles. The lowest BCUT2D eigenvalue weighted by Crippen LogP contribution is -2.51. The summed E-state index contributed by atoms with van der Waals surface area (Å²) >= 11 is 0. The zero-order valence-corrected chi connectivity index (χ0v) is 12.9. The van der Waals surface area contributed by atoms with Gasteiger partial charge in [-0.1, -0.05) is 32.0 Å². The third kappa shape index (κ3) is 2.56. The number of hydrogen-bond donors (Lipinski definition) is 1. The quantitative estimate of drug-likeness (QED) is 0.906. The van der Waals surface area contributed by atoms with Gasteiger partial charge in [0.05, 0.1) is 0 Å². The van der Waals surface area contributed by atoms with E-state index in [1.807, 2.05) is 18.5 Å². The molecule has 1 atom stereocenters. The Morgan fingerprint density at radius 3 is 2.55 bits per heavy atom. The summed E-state index contributed by atoms with van der Waals surface area (Å²) in [7, 11) is 0. The first-order valence-electron chi connectivity index (χ1n) is 7.35. The van der Waals surface area contributed by atoms with Crippen LogP contribution in [0.3, 0.4) is 0 Å². The maximum Gasteiger partial charge on any atom is 0.0483 e. The molecule has 0 saturated heterocycles. The van der Waals surface area contributed by atoms with E-state index in [0.29, 0.717) is 0 Å². The predicted octanol–water partition coefficient (Wildman–Crippen LogP) is 3.36. The van der Waals surface area contributed by atoms with Crippen molar-refractivity contribution in [2.75, 3.05) is 13.1 Å². The average Bonchev–Trinajstić information content (AvgIpc) is 2.47.